The molecule has 0 aliphatic carbocycles. The molecule has 0 bridgehead atoms. The number of ether oxygens (including phenoxy) is 1. The standard InChI is InChI=1S/C14H14ClNO2S/c1-18-14(17)13(11-6-2-3-7-12(11)15)16-9-10-5-4-8-19-10/h2-8,13,16H,9H2,1H3. The van der Waals surface area contributed by atoms with Gasteiger partial charge in [-0.25, -0.2) is 4.79 Å². The van der Waals surface area contributed by atoms with Crippen molar-refractivity contribution in [2.24, 2.45) is 0 Å². The highest BCUT2D eigenvalue weighted by Gasteiger charge is 2.22. The van der Waals surface area contributed by atoms with Crippen LogP contribution in [0.2, 0.25) is 5.02 Å². The highest BCUT2D eigenvalue weighted by atomic mass is 35.5. The number of carbonyl (C=O) groups excluding carboxylic acids is 1. The van der Waals surface area contributed by atoms with Crippen molar-refractivity contribution in [3.8, 4) is 0 Å². The summed E-state index contributed by atoms with van der Waals surface area (Å²) in [5.74, 6) is -0.343. The number of carbonyl (C=O) groups is 1. The van der Waals surface area contributed by atoms with Crippen molar-refractivity contribution in [1.29, 1.82) is 0 Å². The van der Waals surface area contributed by atoms with E-state index in [9.17, 15) is 4.79 Å². The molecule has 100 valence electrons. The van der Waals surface area contributed by atoms with Crippen molar-refractivity contribution in [2.45, 2.75) is 12.6 Å². The largest absolute Gasteiger partial charge is 0.468 e. The number of hydrogen-bond donors (Lipinski definition) is 1. The van der Waals surface area contributed by atoms with Crippen LogP contribution in [0.5, 0.6) is 0 Å². The maximum atomic E-state index is 11.9. The lowest BCUT2D eigenvalue weighted by Gasteiger charge is -2.17. The topological polar surface area (TPSA) is 38.3 Å². The quantitative estimate of drug-likeness (QED) is 0.859. The van der Waals surface area contributed by atoms with Gasteiger partial charge in [0.25, 0.3) is 0 Å². The number of nitrogens with one attached hydrogen (secondary N) is 1. The van der Waals surface area contributed by atoms with Gasteiger partial charge in [-0.1, -0.05) is 35.9 Å². The molecule has 0 spiro atoms. The maximum Gasteiger partial charge on any atom is 0.327 e. The number of benzene rings is 1. The van der Waals surface area contributed by atoms with Gasteiger partial charge in [-0.15, -0.1) is 11.3 Å². The second kappa shape index (κ2) is 6.70. The zero-order valence-corrected chi connectivity index (χ0v) is 12.0. The highest BCUT2D eigenvalue weighted by molar-refractivity contribution is 7.09. The molecule has 1 N–H and O–H groups in total. The number of rotatable bonds is 5. The fraction of sp³-hybridized carbons (Fsp3) is 0.214. The van der Waals surface area contributed by atoms with Crippen LogP contribution in [0, 0.1) is 0 Å². The SMILES string of the molecule is COC(=O)C(NCc1cccs1)c1ccccc1Cl. The predicted molar refractivity (Wildman–Crippen MR) is 77.4 cm³/mol. The van der Waals surface area contributed by atoms with E-state index < -0.39 is 6.04 Å². The predicted octanol–water partition coefficient (Wildman–Crippen LogP) is 3.41. The Kier molecular flexibility index (Phi) is 4.96. The van der Waals surface area contributed by atoms with E-state index in [1.54, 1.807) is 17.4 Å². The van der Waals surface area contributed by atoms with Gasteiger partial charge in [0.15, 0.2) is 0 Å². The van der Waals surface area contributed by atoms with Crippen molar-refractivity contribution >= 4 is 28.9 Å². The first kappa shape index (κ1) is 14.1. The molecule has 0 aliphatic rings. The Bertz CT molecular complexity index is 542. The van der Waals surface area contributed by atoms with E-state index in [1.807, 2.05) is 35.7 Å². The maximum absolute atomic E-state index is 11.9. The summed E-state index contributed by atoms with van der Waals surface area (Å²) in [6, 6.07) is 10.7. The second-order valence-corrected chi connectivity index (χ2v) is 5.38. The van der Waals surface area contributed by atoms with Gasteiger partial charge < -0.3 is 4.74 Å². The third-order valence-corrected chi connectivity index (χ3v) is 3.93. The lowest BCUT2D eigenvalue weighted by molar-refractivity contribution is -0.143. The second-order valence-electron chi connectivity index (χ2n) is 3.94. The first-order valence-electron chi connectivity index (χ1n) is 5.80. The Morgan fingerprint density at radius 3 is 2.79 bits per heavy atom. The summed E-state index contributed by atoms with van der Waals surface area (Å²) < 4.78 is 4.83. The molecule has 1 aromatic heterocycles. The Balaban J connectivity index is 2.17. The Morgan fingerprint density at radius 2 is 2.16 bits per heavy atom. The minimum Gasteiger partial charge on any atom is -0.468 e. The lowest BCUT2D eigenvalue weighted by Crippen LogP contribution is -2.29. The van der Waals surface area contributed by atoms with Crippen molar-refractivity contribution in [1.82, 2.24) is 5.32 Å². The van der Waals surface area contributed by atoms with Gasteiger partial charge in [-0.3, -0.25) is 5.32 Å². The number of halogens is 1. The van der Waals surface area contributed by atoms with E-state index >= 15 is 0 Å². The molecule has 1 unspecified atom stereocenters. The minimum atomic E-state index is -0.555. The summed E-state index contributed by atoms with van der Waals surface area (Å²) in [5.41, 5.74) is 0.729. The number of methoxy groups -OCH3 is 1. The fourth-order valence-electron chi connectivity index (χ4n) is 1.76. The summed E-state index contributed by atoms with van der Waals surface area (Å²) in [6.07, 6.45) is 0. The molecule has 1 aromatic carbocycles. The molecular weight excluding hydrogens is 282 g/mol. The highest BCUT2D eigenvalue weighted by Crippen LogP contribution is 2.24. The first-order chi connectivity index (χ1) is 9.22. The van der Waals surface area contributed by atoms with Gasteiger partial charge in [0.2, 0.25) is 0 Å². The van der Waals surface area contributed by atoms with Gasteiger partial charge in [0.1, 0.15) is 6.04 Å². The van der Waals surface area contributed by atoms with Gasteiger partial charge >= 0.3 is 5.97 Å². The molecule has 0 fully saturated rings. The molecule has 0 saturated heterocycles. The average Bonchev–Trinajstić information content (AvgIpc) is 2.93. The van der Waals surface area contributed by atoms with E-state index in [0.717, 1.165) is 10.4 Å². The molecular formula is C14H14ClNO2S. The van der Waals surface area contributed by atoms with Gasteiger partial charge in [-0.05, 0) is 23.1 Å². The molecule has 2 rings (SSSR count). The lowest BCUT2D eigenvalue weighted by atomic mass is 10.1. The average molecular weight is 296 g/mol. The minimum absolute atomic E-state index is 0.343. The fourth-order valence-corrected chi connectivity index (χ4v) is 2.66. The first-order valence-corrected chi connectivity index (χ1v) is 7.06. The third-order valence-electron chi connectivity index (χ3n) is 2.71. The number of esters is 1. The van der Waals surface area contributed by atoms with E-state index in [0.29, 0.717) is 11.6 Å². The van der Waals surface area contributed by atoms with Crippen LogP contribution >= 0.6 is 22.9 Å². The Labute approximate surface area is 121 Å². The zero-order chi connectivity index (χ0) is 13.7. The summed E-state index contributed by atoms with van der Waals surface area (Å²) in [5, 5.41) is 5.73. The van der Waals surface area contributed by atoms with Crippen LogP contribution in [0.4, 0.5) is 0 Å². The van der Waals surface area contributed by atoms with Crippen LogP contribution in [0.1, 0.15) is 16.5 Å². The molecule has 0 aliphatic heterocycles. The monoisotopic (exact) mass is 295 g/mol. The van der Waals surface area contributed by atoms with Crippen LogP contribution in [0.25, 0.3) is 0 Å². The molecule has 0 amide bonds. The van der Waals surface area contributed by atoms with Gasteiger partial charge in [-0.2, -0.15) is 0 Å². The molecule has 19 heavy (non-hydrogen) atoms. The smallest absolute Gasteiger partial charge is 0.327 e. The van der Waals surface area contributed by atoms with Crippen LogP contribution in [-0.2, 0) is 16.1 Å². The Morgan fingerprint density at radius 1 is 1.37 bits per heavy atom. The van der Waals surface area contributed by atoms with Gasteiger partial charge in [0.05, 0.1) is 7.11 Å². The molecule has 5 heteroatoms. The van der Waals surface area contributed by atoms with E-state index in [1.165, 1.54) is 7.11 Å². The molecule has 2 aromatic rings. The molecule has 1 atom stereocenters. The third kappa shape index (κ3) is 3.56. The van der Waals surface area contributed by atoms with Crippen LogP contribution in [0.15, 0.2) is 41.8 Å². The van der Waals surface area contributed by atoms with Crippen LogP contribution < -0.4 is 5.32 Å². The van der Waals surface area contributed by atoms with Crippen LogP contribution in [-0.4, -0.2) is 13.1 Å². The van der Waals surface area contributed by atoms with Crippen molar-refractivity contribution in [3.63, 3.8) is 0 Å². The van der Waals surface area contributed by atoms with Crippen molar-refractivity contribution < 1.29 is 9.53 Å². The van der Waals surface area contributed by atoms with E-state index in [4.69, 9.17) is 16.3 Å². The molecule has 0 radical (unpaired) electrons. The summed E-state index contributed by atoms with van der Waals surface area (Å²) in [6.45, 7) is 0.600. The summed E-state index contributed by atoms with van der Waals surface area (Å²) >= 11 is 7.77. The molecule has 0 saturated carbocycles. The number of hydrogen-bond acceptors (Lipinski definition) is 4. The van der Waals surface area contributed by atoms with Gasteiger partial charge in [0, 0.05) is 16.4 Å². The number of thiophene rings is 1. The van der Waals surface area contributed by atoms with Crippen molar-refractivity contribution in [2.75, 3.05) is 7.11 Å². The summed E-state index contributed by atoms with van der Waals surface area (Å²) in [4.78, 5) is 13.0. The molecule has 3 nitrogen and oxygen atoms in total. The van der Waals surface area contributed by atoms with E-state index in [2.05, 4.69) is 5.32 Å². The normalized spacial score (nSPS) is 12.1. The Hall–Kier alpha value is -1.36. The molecule has 1 heterocycles. The zero-order valence-electron chi connectivity index (χ0n) is 10.4. The summed E-state index contributed by atoms with van der Waals surface area (Å²) in [7, 11) is 1.37. The van der Waals surface area contributed by atoms with Crippen molar-refractivity contribution in [3.05, 3.63) is 57.2 Å². The van der Waals surface area contributed by atoms with E-state index in [-0.39, 0.29) is 5.97 Å². The van der Waals surface area contributed by atoms with Crippen LogP contribution in [0.3, 0.4) is 0 Å².